The molecule has 2 aromatic heterocycles. The van der Waals surface area contributed by atoms with Gasteiger partial charge in [0, 0.05) is 54.7 Å². The number of hydrogen-bond donors (Lipinski definition) is 2. The highest BCUT2D eigenvalue weighted by Crippen LogP contribution is 2.39. The molecular formula is C28H26ClF3N6O4. The first-order chi connectivity index (χ1) is 20.0. The number of nitrogens with two attached hydrogens (primary N) is 1. The standard InChI is InChI=1S/C28H26ClF3N6O4/c29-21-4-2-1-3-20(21)25(26(40)35-18-11-28(31,32)12-18)37(19-10-17(30)14-36(42)15-19)27(41)22-5-6-24(39)38(22)23-9-16(13-33)7-8-34-23/h1-4,7-10,14-15,18,22,25H,5-6,11-13,33H2,(H,35,40)/t22-,25?/m0/s1. The number of pyridine rings is 2. The zero-order valence-corrected chi connectivity index (χ0v) is 22.8. The Morgan fingerprint density at radius 1 is 1.24 bits per heavy atom. The van der Waals surface area contributed by atoms with Crippen LogP contribution in [-0.4, -0.2) is 40.7 Å². The van der Waals surface area contributed by atoms with Crippen molar-refractivity contribution in [1.82, 2.24) is 10.3 Å². The van der Waals surface area contributed by atoms with E-state index < -0.39 is 60.4 Å². The average molecular weight is 603 g/mol. The normalized spacial score (nSPS) is 18.8. The van der Waals surface area contributed by atoms with Crippen LogP contribution in [0.15, 0.2) is 61.1 Å². The summed E-state index contributed by atoms with van der Waals surface area (Å²) in [7, 11) is 0. The van der Waals surface area contributed by atoms with Crippen molar-refractivity contribution in [2.75, 3.05) is 9.80 Å². The van der Waals surface area contributed by atoms with Gasteiger partial charge in [0.2, 0.25) is 24.2 Å². The number of amides is 3. The number of alkyl halides is 2. The lowest BCUT2D eigenvalue weighted by Gasteiger charge is -2.39. The fourth-order valence-electron chi connectivity index (χ4n) is 5.26. The van der Waals surface area contributed by atoms with Crippen LogP contribution in [0, 0.1) is 11.0 Å². The number of halogens is 4. The van der Waals surface area contributed by atoms with Crippen LogP contribution in [0.4, 0.5) is 24.7 Å². The lowest BCUT2D eigenvalue weighted by molar-refractivity contribution is -0.606. The number of carbonyl (C=O) groups excluding carboxylic acids is 3. The van der Waals surface area contributed by atoms with Gasteiger partial charge in [0.25, 0.3) is 11.8 Å². The number of aromatic nitrogens is 2. The molecule has 1 aliphatic carbocycles. The second-order valence-corrected chi connectivity index (χ2v) is 10.6. The molecule has 3 aromatic rings. The smallest absolute Gasteiger partial charge is 0.252 e. The Morgan fingerprint density at radius 3 is 2.64 bits per heavy atom. The first-order valence-electron chi connectivity index (χ1n) is 13.1. The van der Waals surface area contributed by atoms with Crippen LogP contribution in [-0.2, 0) is 20.9 Å². The number of rotatable bonds is 8. The predicted octanol–water partition coefficient (Wildman–Crippen LogP) is 3.15. The molecule has 0 radical (unpaired) electrons. The van der Waals surface area contributed by atoms with Gasteiger partial charge < -0.3 is 16.3 Å². The van der Waals surface area contributed by atoms with Crippen LogP contribution in [0.3, 0.4) is 0 Å². The molecule has 10 nitrogen and oxygen atoms in total. The Bertz CT molecular complexity index is 1510. The maximum atomic E-state index is 14.6. The van der Waals surface area contributed by atoms with Crippen molar-refractivity contribution in [3.63, 3.8) is 0 Å². The Morgan fingerprint density at radius 2 is 1.98 bits per heavy atom. The van der Waals surface area contributed by atoms with Gasteiger partial charge in [-0.25, -0.2) is 18.2 Å². The van der Waals surface area contributed by atoms with Gasteiger partial charge in [0.05, 0.1) is 0 Å². The van der Waals surface area contributed by atoms with Crippen LogP contribution < -0.4 is 25.6 Å². The molecule has 1 aliphatic heterocycles. The quantitative estimate of drug-likeness (QED) is 0.300. The molecule has 1 saturated heterocycles. The molecule has 2 aliphatic rings. The fourth-order valence-corrected chi connectivity index (χ4v) is 5.50. The lowest BCUT2D eigenvalue weighted by Crippen LogP contribution is -2.56. The number of carbonyl (C=O) groups is 3. The minimum atomic E-state index is -2.94. The fraction of sp³-hybridized carbons (Fsp3) is 0.321. The van der Waals surface area contributed by atoms with Crippen molar-refractivity contribution in [1.29, 1.82) is 0 Å². The van der Waals surface area contributed by atoms with Crippen LogP contribution in [0.25, 0.3) is 0 Å². The highest BCUT2D eigenvalue weighted by molar-refractivity contribution is 6.31. The Balaban J connectivity index is 1.62. The van der Waals surface area contributed by atoms with E-state index in [4.69, 9.17) is 17.3 Å². The topological polar surface area (TPSA) is 136 Å². The Hall–Kier alpha value is -4.23. The van der Waals surface area contributed by atoms with Crippen molar-refractivity contribution in [3.05, 3.63) is 88.2 Å². The average Bonchev–Trinajstić information content (AvgIpc) is 3.31. The van der Waals surface area contributed by atoms with Crippen molar-refractivity contribution in [2.45, 2.75) is 56.3 Å². The SMILES string of the molecule is NCc1ccnc(N2C(=O)CC[C@H]2C(=O)N(c2cc(F)c[n+]([O-])c2)C(C(=O)NC2CC(F)(F)C2)c2ccccc2Cl)c1. The van der Waals surface area contributed by atoms with Gasteiger partial charge in [-0.15, -0.1) is 0 Å². The third-order valence-corrected chi connectivity index (χ3v) is 7.59. The second kappa shape index (κ2) is 11.6. The van der Waals surface area contributed by atoms with Crippen LogP contribution in [0.2, 0.25) is 5.02 Å². The molecule has 1 aromatic carbocycles. The minimum Gasteiger partial charge on any atom is -0.619 e. The molecule has 0 spiro atoms. The molecule has 1 saturated carbocycles. The summed E-state index contributed by atoms with van der Waals surface area (Å²) < 4.78 is 41.9. The summed E-state index contributed by atoms with van der Waals surface area (Å²) in [5, 5.41) is 14.9. The van der Waals surface area contributed by atoms with Gasteiger partial charge in [-0.2, -0.15) is 4.73 Å². The summed E-state index contributed by atoms with van der Waals surface area (Å²) in [6, 6.07) is 6.41. The van der Waals surface area contributed by atoms with Crippen molar-refractivity contribution >= 4 is 40.8 Å². The van der Waals surface area contributed by atoms with E-state index in [0.29, 0.717) is 11.8 Å². The molecule has 3 N–H and O–H groups in total. The molecule has 42 heavy (non-hydrogen) atoms. The molecule has 5 rings (SSSR count). The van der Waals surface area contributed by atoms with Gasteiger partial charge in [-0.05, 0) is 30.2 Å². The summed E-state index contributed by atoms with van der Waals surface area (Å²) in [6.45, 7) is 0.143. The highest BCUT2D eigenvalue weighted by atomic mass is 35.5. The van der Waals surface area contributed by atoms with E-state index in [0.717, 1.165) is 17.2 Å². The van der Waals surface area contributed by atoms with Crippen LogP contribution in [0.1, 0.15) is 42.9 Å². The summed E-state index contributed by atoms with van der Waals surface area (Å²) in [5.74, 6) is -5.95. The van der Waals surface area contributed by atoms with Crippen LogP contribution >= 0.6 is 11.6 Å². The second-order valence-electron chi connectivity index (χ2n) is 10.2. The predicted molar refractivity (Wildman–Crippen MR) is 146 cm³/mol. The van der Waals surface area contributed by atoms with Crippen molar-refractivity contribution in [3.8, 4) is 0 Å². The van der Waals surface area contributed by atoms with Crippen molar-refractivity contribution in [2.24, 2.45) is 5.73 Å². The third kappa shape index (κ3) is 5.88. The van der Waals surface area contributed by atoms with Gasteiger partial charge in [0.15, 0.2) is 5.82 Å². The zero-order valence-electron chi connectivity index (χ0n) is 22.1. The Labute approximate surface area is 243 Å². The van der Waals surface area contributed by atoms with E-state index in [1.165, 1.54) is 23.2 Å². The molecule has 3 heterocycles. The molecule has 220 valence electrons. The first kappa shape index (κ1) is 29.3. The molecule has 3 amide bonds. The summed E-state index contributed by atoms with van der Waals surface area (Å²) in [6.07, 6.45) is 1.73. The number of benzene rings is 1. The number of anilines is 2. The van der Waals surface area contributed by atoms with Crippen molar-refractivity contribution < 1.29 is 32.3 Å². The largest absolute Gasteiger partial charge is 0.619 e. The highest BCUT2D eigenvalue weighted by Gasteiger charge is 2.49. The maximum absolute atomic E-state index is 14.6. The molecule has 0 bridgehead atoms. The summed E-state index contributed by atoms with van der Waals surface area (Å²) in [5.41, 5.74) is 6.18. The van der Waals surface area contributed by atoms with E-state index in [9.17, 15) is 32.8 Å². The maximum Gasteiger partial charge on any atom is 0.252 e. The van der Waals surface area contributed by atoms with Gasteiger partial charge in [-0.3, -0.25) is 24.2 Å². The molecule has 2 atom stereocenters. The minimum absolute atomic E-state index is 0.0150. The zero-order chi connectivity index (χ0) is 30.2. The summed E-state index contributed by atoms with van der Waals surface area (Å²) >= 11 is 6.47. The molecular weight excluding hydrogens is 577 g/mol. The van der Waals surface area contributed by atoms with Gasteiger partial charge in [-0.1, -0.05) is 29.8 Å². The lowest BCUT2D eigenvalue weighted by atomic mass is 9.87. The summed E-state index contributed by atoms with van der Waals surface area (Å²) in [4.78, 5) is 47.6. The number of nitrogens with zero attached hydrogens (tertiary/aromatic N) is 4. The van der Waals surface area contributed by atoms with Gasteiger partial charge >= 0.3 is 0 Å². The van der Waals surface area contributed by atoms with E-state index in [1.807, 2.05) is 0 Å². The molecule has 14 heteroatoms. The van der Waals surface area contributed by atoms with E-state index in [-0.39, 0.29) is 46.2 Å². The van der Waals surface area contributed by atoms with Gasteiger partial charge in [0.1, 0.15) is 23.6 Å². The third-order valence-electron chi connectivity index (χ3n) is 7.24. The number of nitrogens with one attached hydrogen (secondary N) is 1. The monoisotopic (exact) mass is 602 g/mol. The molecule has 1 unspecified atom stereocenters. The van der Waals surface area contributed by atoms with E-state index in [2.05, 4.69) is 10.3 Å². The molecule has 2 fully saturated rings. The first-order valence-corrected chi connectivity index (χ1v) is 13.5. The van der Waals surface area contributed by atoms with Crippen LogP contribution in [0.5, 0.6) is 0 Å². The number of hydrogen-bond acceptors (Lipinski definition) is 6. The Kier molecular flexibility index (Phi) is 8.06. The van der Waals surface area contributed by atoms with E-state index >= 15 is 0 Å². The van der Waals surface area contributed by atoms with E-state index in [1.54, 1.807) is 24.3 Å².